The summed E-state index contributed by atoms with van der Waals surface area (Å²) in [4.78, 5) is 11.4. The molecule has 27 heavy (non-hydrogen) atoms. The second-order valence-electron chi connectivity index (χ2n) is 5.45. The quantitative estimate of drug-likeness (QED) is 0.604. The molecule has 0 unspecified atom stereocenters. The van der Waals surface area contributed by atoms with E-state index >= 15 is 0 Å². The largest absolute Gasteiger partial charge is 0.493 e. The fraction of sp³-hybridized carbons (Fsp3) is 0.375. The van der Waals surface area contributed by atoms with Crippen molar-refractivity contribution >= 4 is 21.7 Å². The Morgan fingerprint density at radius 1 is 1.22 bits per heavy atom. The Morgan fingerprint density at radius 2 is 1.93 bits per heavy atom. The lowest BCUT2D eigenvalue weighted by atomic mass is 10.1. The highest BCUT2D eigenvalue weighted by Gasteiger charge is 2.27. The number of anilines is 1. The molecule has 1 aromatic heterocycles. The van der Waals surface area contributed by atoms with E-state index in [1.165, 1.54) is 40.2 Å². The number of methoxy groups -OCH3 is 2. The number of nitrogens with one attached hydrogen (secondary N) is 1. The number of hydrogen-bond donors (Lipinski definition) is 2. The molecule has 0 aliphatic heterocycles. The first kappa shape index (κ1) is 20.5. The van der Waals surface area contributed by atoms with E-state index in [0.29, 0.717) is 0 Å². The SMILES string of the molecule is COCCOc1cc(NS(=O)(=O)c2c(C)noc2C)c(C(=O)O)cc1OC. The zero-order valence-corrected chi connectivity index (χ0v) is 16.0. The van der Waals surface area contributed by atoms with Crippen LogP contribution >= 0.6 is 0 Å². The minimum atomic E-state index is -4.14. The van der Waals surface area contributed by atoms with Gasteiger partial charge in [-0.3, -0.25) is 4.72 Å². The van der Waals surface area contributed by atoms with Crippen molar-refractivity contribution in [2.45, 2.75) is 18.7 Å². The van der Waals surface area contributed by atoms with Crippen LogP contribution < -0.4 is 14.2 Å². The highest BCUT2D eigenvalue weighted by Crippen LogP contribution is 2.35. The van der Waals surface area contributed by atoms with Crippen molar-refractivity contribution < 1.29 is 37.1 Å². The summed E-state index contributed by atoms with van der Waals surface area (Å²) >= 11 is 0. The summed E-state index contributed by atoms with van der Waals surface area (Å²) in [5.74, 6) is -0.949. The van der Waals surface area contributed by atoms with E-state index in [2.05, 4.69) is 9.88 Å². The molecule has 2 rings (SSSR count). The molecule has 0 aliphatic carbocycles. The minimum absolute atomic E-state index is 0.0851. The standard InChI is InChI=1S/C16H20N2O8S/c1-9-15(10(2)26-17-9)27(21,22)18-12-8-14(25-6-5-23-3)13(24-4)7-11(12)16(19)20/h7-8,18H,5-6H2,1-4H3,(H,19,20). The van der Waals surface area contributed by atoms with Gasteiger partial charge in [0.1, 0.15) is 12.3 Å². The molecular formula is C16H20N2O8S. The number of aromatic nitrogens is 1. The van der Waals surface area contributed by atoms with Crippen LogP contribution in [0, 0.1) is 13.8 Å². The van der Waals surface area contributed by atoms with E-state index in [0.717, 1.165) is 0 Å². The van der Waals surface area contributed by atoms with E-state index in [-0.39, 0.29) is 52.3 Å². The van der Waals surface area contributed by atoms with Crippen LogP contribution in [0.15, 0.2) is 21.6 Å². The molecule has 10 nitrogen and oxygen atoms in total. The Bertz CT molecular complexity index is 917. The summed E-state index contributed by atoms with van der Waals surface area (Å²) in [5.41, 5.74) is -0.334. The van der Waals surface area contributed by atoms with Gasteiger partial charge < -0.3 is 23.8 Å². The van der Waals surface area contributed by atoms with Crippen molar-refractivity contribution in [2.75, 3.05) is 32.2 Å². The highest BCUT2D eigenvalue weighted by molar-refractivity contribution is 7.92. The highest BCUT2D eigenvalue weighted by atomic mass is 32.2. The zero-order chi connectivity index (χ0) is 20.2. The van der Waals surface area contributed by atoms with Crippen molar-refractivity contribution in [1.82, 2.24) is 5.16 Å². The topological polar surface area (TPSA) is 137 Å². The van der Waals surface area contributed by atoms with Gasteiger partial charge in [0.05, 0.1) is 25.0 Å². The van der Waals surface area contributed by atoms with Crippen molar-refractivity contribution in [3.8, 4) is 11.5 Å². The second kappa shape index (κ2) is 8.27. The second-order valence-corrected chi connectivity index (χ2v) is 7.07. The number of sulfonamides is 1. The van der Waals surface area contributed by atoms with Crippen LogP contribution in [0.5, 0.6) is 11.5 Å². The number of aryl methyl sites for hydroxylation is 2. The van der Waals surface area contributed by atoms with Gasteiger partial charge in [0.2, 0.25) is 0 Å². The fourth-order valence-corrected chi connectivity index (χ4v) is 3.78. The molecule has 2 aromatic rings. The van der Waals surface area contributed by atoms with Crippen molar-refractivity contribution in [1.29, 1.82) is 0 Å². The number of nitrogens with zero attached hydrogens (tertiary/aromatic N) is 1. The van der Waals surface area contributed by atoms with Gasteiger partial charge in [-0.15, -0.1) is 0 Å². The van der Waals surface area contributed by atoms with Gasteiger partial charge in [0.15, 0.2) is 22.2 Å². The van der Waals surface area contributed by atoms with Gasteiger partial charge in [0.25, 0.3) is 10.0 Å². The Balaban J connectivity index is 2.50. The summed E-state index contributed by atoms with van der Waals surface area (Å²) in [5, 5.41) is 13.1. The molecule has 0 fully saturated rings. The Labute approximate surface area is 156 Å². The molecule has 0 saturated heterocycles. The van der Waals surface area contributed by atoms with E-state index < -0.39 is 16.0 Å². The predicted molar refractivity (Wildman–Crippen MR) is 94.1 cm³/mol. The van der Waals surface area contributed by atoms with Gasteiger partial charge in [-0.2, -0.15) is 0 Å². The molecule has 2 N–H and O–H groups in total. The molecule has 0 amide bonds. The maximum atomic E-state index is 12.7. The monoisotopic (exact) mass is 400 g/mol. The first-order valence-electron chi connectivity index (χ1n) is 7.74. The number of aromatic carboxylic acids is 1. The number of carbonyl (C=O) groups is 1. The number of benzene rings is 1. The van der Waals surface area contributed by atoms with E-state index in [4.69, 9.17) is 18.7 Å². The molecule has 1 heterocycles. The van der Waals surface area contributed by atoms with Crippen LogP contribution in [0.2, 0.25) is 0 Å². The average Bonchev–Trinajstić information content (AvgIpc) is 2.94. The molecule has 0 bridgehead atoms. The van der Waals surface area contributed by atoms with Crippen LogP contribution in [0.1, 0.15) is 21.8 Å². The summed E-state index contributed by atoms with van der Waals surface area (Å²) in [6.07, 6.45) is 0. The van der Waals surface area contributed by atoms with Gasteiger partial charge in [0, 0.05) is 19.2 Å². The Morgan fingerprint density at radius 3 is 2.44 bits per heavy atom. The van der Waals surface area contributed by atoms with Gasteiger partial charge in [-0.05, 0) is 13.8 Å². The third-order valence-electron chi connectivity index (χ3n) is 3.56. The van der Waals surface area contributed by atoms with E-state index in [1.807, 2.05) is 0 Å². The van der Waals surface area contributed by atoms with Gasteiger partial charge >= 0.3 is 5.97 Å². The van der Waals surface area contributed by atoms with Crippen LogP contribution in [-0.2, 0) is 14.8 Å². The molecule has 0 aliphatic rings. The average molecular weight is 400 g/mol. The summed E-state index contributed by atoms with van der Waals surface area (Å²) < 4.78 is 48.1. The normalized spacial score (nSPS) is 11.3. The third kappa shape index (κ3) is 4.49. The van der Waals surface area contributed by atoms with Crippen LogP contribution in [0.4, 0.5) is 5.69 Å². The molecule has 148 valence electrons. The number of carboxylic acids is 1. The van der Waals surface area contributed by atoms with Gasteiger partial charge in [-0.1, -0.05) is 5.16 Å². The molecule has 11 heteroatoms. The number of carboxylic acid groups (broad SMARTS) is 1. The van der Waals surface area contributed by atoms with Crippen molar-refractivity contribution in [2.24, 2.45) is 0 Å². The predicted octanol–water partition coefficient (Wildman–Crippen LogP) is 1.82. The number of hydrogen-bond acceptors (Lipinski definition) is 8. The Kier molecular flexibility index (Phi) is 6.28. The first-order valence-corrected chi connectivity index (χ1v) is 9.22. The summed E-state index contributed by atoms with van der Waals surface area (Å²) in [7, 11) is -1.30. The van der Waals surface area contributed by atoms with Gasteiger partial charge in [-0.25, -0.2) is 13.2 Å². The molecular weight excluding hydrogens is 380 g/mol. The van der Waals surface area contributed by atoms with E-state index in [1.54, 1.807) is 0 Å². The number of rotatable bonds is 9. The zero-order valence-electron chi connectivity index (χ0n) is 15.2. The maximum absolute atomic E-state index is 12.7. The molecule has 0 spiro atoms. The van der Waals surface area contributed by atoms with Crippen molar-refractivity contribution in [3.63, 3.8) is 0 Å². The van der Waals surface area contributed by atoms with Crippen LogP contribution in [0.25, 0.3) is 0 Å². The van der Waals surface area contributed by atoms with E-state index in [9.17, 15) is 18.3 Å². The van der Waals surface area contributed by atoms with Crippen molar-refractivity contribution in [3.05, 3.63) is 29.2 Å². The lowest BCUT2D eigenvalue weighted by molar-refractivity contribution is 0.0697. The maximum Gasteiger partial charge on any atom is 0.337 e. The first-order chi connectivity index (χ1) is 12.7. The summed E-state index contributed by atoms with van der Waals surface area (Å²) in [6, 6.07) is 2.42. The summed E-state index contributed by atoms with van der Waals surface area (Å²) in [6.45, 7) is 3.36. The smallest absolute Gasteiger partial charge is 0.337 e. The molecule has 1 aromatic carbocycles. The lowest BCUT2D eigenvalue weighted by Gasteiger charge is -2.16. The molecule has 0 radical (unpaired) electrons. The molecule has 0 atom stereocenters. The molecule has 0 saturated carbocycles. The minimum Gasteiger partial charge on any atom is -0.493 e. The van der Waals surface area contributed by atoms with Crippen LogP contribution in [0.3, 0.4) is 0 Å². The third-order valence-corrected chi connectivity index (χ3v) is 5.17. The Hall–Kier alpha value is -2.79. The lowest BCUT2D eigenvalue weighted by Crippen LogP contribution is -2.17. The fourth-order valence-electron chi connectivity index (χ4n) is 2.38. The number of ether oxygens (including phenoxy) is 3. The van der Waals surface area contributed by atoms with Crippen LogP contribution in [-0.4, -0.2) is 52.1 Å².